The van der Waals surface area contributed by atoms with Crippen molar-refractivity contribution in [3.8, 4) is 0 Å². The Morgan fingerprint density at radius 3 is 2.70 bits per heavy atom. The molecule has 0 N–H and O–H groups in total. The Bertz CT molecular complexity index is 757. The van der Waals surface area contributed by atoms with E-state index in [-0.39, 0.29) is 5.91 Å². The second kappa shape index (κ2) is 8.35. The van der Waals surface area contributed by atoms with E-state index in [1.807, 2.05) is 22.3 Å². The molecule has 6 nitrogen and oxygen atoms in total. The molecule has 0 bridgehead atoms. The third-order valence-electron chi connectivity index (χ3n) is 5.67. The minimum Gasteiger partial charge on any atom is -0.339 e. The number of fused-ring (bicyclic) bond motifs is 1. The number of hydrogen-bond acceptors (Lipinski definition) is 6. The molecule has 1 atom stereocenters. The van der Waals surface area contributed by atoms with Crippen LogP contribution in [0, 0.1) is 0 Å². The zero-order chi connectivity index (χ0) is 18.6. The standard InChI is InChI=1S/C20H27N5OS/c1-2-17-16-6-15-27-18(16)4-9-23(17)10-5-19(26)24-11-13-25(14-12-24)20-21-7-3-8-22-20/h3,6-8,15,17H,2,4-5,9-14H2,1H3. The maximum Gasteiger partial charge on any atom is 0.225 e. The fraction of sp³-hybridized carbons (Fsp3) is 0.550. The molecule has 27 heavy (non-hydrogen) atoms. The van der Waals surface area contributed by atoms with Gasteiger partial charge in [0.2, 0.25) is 11.9 Å². The van der Waals surface area contributed by atoms with E-state index < -0.39 is 0 Å². The molecule has 1 amide bonds. The van der Waals surface area contributed by atoms with E-state index in [2.05, 4.69) is 38.1 Å². The second-order valence-electron chi connectivity index (χ2n) is 7.18. The molecule has 1 unspecified atom stereocenters. The topological polar surface area (TPSA) is 52.6 Å². The summed E-state index contributed by atoms with van der Waals surface area (Å²) in [5.41, 5.74) is 1.48. The minimum atomic E-state index is 0.273. The van der Waals surface area contributed by atoms with Crippen molar-refractivity contribution < 1.29 is 4.79 Å². The summed E-state index contributed by atoms with van der Waals surface area (Å²) in [7, 11) is 0. The highest BCUT2D eigenvalue weighted by Gasteiger charge is 2.28. The lowest BCUT2D eigenvalue weighted by atomic mass is 9.97. The molecular formula is C20H27N5OS. The van der Waals surface area contributed by atoms with E-state index in [1.54, 1.807) is 12.4 Å². The van der Waals surface area contributed by atoms with Gasteiger partial charge in [-0.1, -0.05) is 6.92 Å². The number of piperazine rings is 1. The summed E-state index contributed by atoms with van der Waals surface area (Å²) in [5, 5.41) is 2.21. The molecule has 2 aliphatic rings. The lowest BCUT2D eigenvalue weighted by Crippen LogP contribution is -2.50. The fourth-order valence-corrected chi connectivity index (χ4v) is 5.13. The van der Waals surface area contributed by atoms with Crippen LogP contribution in [0.15, 0.2) is 29.9 Å². The van der Waals surface area contributed by atoms with Crippen molar-refractivity contribution in [2.45, 2.75) is 32.2 Å². The van der Waals surface area contributed by atoms with Crippen molar-refractivity contribution in [2.75, 3.05) is 44.2 Å². The Morgan fingerprint density at radius 1 is 1.19 bits per heavy atom. The van der Waals surface area contributed by atoms with Gasteiger partial charge in [-0.15, -0.1) is 11.3 Å². The van der Waals surface area contributed by atoms with Crippen LogP contribution in [0.3, 0.4) is 0 Å². The van der Waals surface area contributed by atoms with E-state index in [1.165, 1.54) is 10.4 Å². The van der Waals surface area contributed by atoms with Crippen molar-refractivity contribution in [1.82, 2.24) is 19.8 Å². The first-order valence-electron chi connectivity index (χ1n) is 9.86. The number of nitrogens with zero attached hydrogens (tertiary/aromatic N) is 5. The minimum absolute atomic E-state index is 0.273. The molecule has 4 rings (SSSR count). The summed E-state index contributed by atoms with van der Waals surface area (Å²) < 4.78 is 0. The van der Waals surface area contributed by atoms with Crippen LogP contribution >= 0.6 is 11.3 Å². The molecule has 2 aliphatic heterocycles. The third-order valence-corrected chi connectivity index (χ3v) is 6.67. The summed E-state index contributed by atoms with van der Waals surface area (Å²) in [4.78, 5) is 29.5. The fourth-order valence-electron chi connectivity index (χ4n) is 4.20. The molecule has 1 fully saturated rings. The Balaban J connectivity index is 1.28. The number of carbonyl (C=O) groups is 1. The summed E-state index contributed by atoms with van der Waals surface area (Å²) in [6.07, 6.45) is 6.36. The number of hydrogen-bond donors (Lipinski definition) is 0. The Labute approximate surface area is 164 Å². The first kappa shape index (κ1) is 18.4. The SMILES string of the molecule is CCC1c2ccsc2CCN1CCC(=O)N1CCN(c2ncccn2)CC1. The van der Waals surface area contributed by atoms with Gasteiger partial charge in [-0.2, -0.15) is 0 Å². The van der Waals surface area contributed by atoms with Gasteiger partial charge in [0.25, 0.3) is 0 Å². The van der Waals surface area contributed by atoms with Crippen molar-refractivity contribution >= 4 is 23.2 Å². The van der Waals surface area contributed by atoms with E-state index in [0.717, 1.165) is 58.1 Å². The zero-order valence-electron chi connectivity index (χ0n) is 15.9. The summed E-state index contributed by atoms with van der Waals surface area (Å²) in [6.45, 7) is 7.28. The van der Waals surface area contributed by atoms with Crippen LogP contribution in [0.1, 0.15) is 36.2 Å². The normalized spacial score (nSPS) is 20.6. The van der Waals surface area contributed by atoms with Crippen LogP contribution in [-0.4, -0.2) is 64.9 Å². The number of aromatic nitrogens is 2. The first-order valence-corrected chi connectivity index (χ1v) is 10.7. The van der Waals surface area contributed by atoms with Gasteiger partial charge in [-0.05, 0) is 35.9 Å². The summed E-state index contributed by atoms with van der Waals surface area (Å²) in [5.74, 6) is 1.03. The molecule has 0 spiro atoms. The molecule has 4 heterocycles. The van der Waals surface area contributed by atoms with Crippen LogP contribution in [0.25, 0.3) is 0 Å². The number of anilines is 1. The van der Waals surface area contributed by atoms with Gasteiger partial charge in [-0.3, -0.25) is 9.69 Å². The molecule has 144 valence electrons. The quantitative estimate of drug-likeness (QED) is 0.792. The largest absolute Gasteiger partial charge is 0.339 e. The van der Waals surface area contributed by atoms with Crippen molar-refractivity contribution in [3.05, 3.63) is 40.3 Å². The van der Waals surface area contributed by atoms with Crippen molar-refractivity contribution in [2.24, 2.45) is 0 Å². The van der Waals surface area contributed by atoms with E-state index >= 15 is 0 Å². The average Bonchev–Trinajstić information content (AvgIpc) is 3.21. The summed E-state index contributed by atoms with van der Waals surface area (Å²) >= 11 is 1.88. The third kappa shape index (κ3) is 3.99. The van der Waals surface area contributed by atoms with Crippen LogP contribution in [0.5, 0.6) is 0 Å². The Morgan fingerprint density at radius 2 is 1.96 bits per heavy atom. The Kier molecular flexibility index (Phi) is 5.69. The van der Waals surface area contributed by atoms with E-state index in [4.69, 9.17) is 0 Å². The van der Waals surface area contributed by atoms with Crippen LogP contribution in [-0.2, 0) is 11.2 Å². The zero-order valence-corrected chi connectivity index (χ0v) is 16.7. The molecule has 2 aromatic rings. The highest BCUT2D eigenvalue weighted by atomic mass is 32.1. The van der Waals surface area contributed by atoms with Crippen molar-refractivity contribution in [1.29, 1.82) is 0 Å². The lowest BCUT2D eigenvalue weighted by Gasteiger charge is -2.37. The number of amides is 1. The van der Waals surface area contributed by atoms with E-state index in [0.29, 0.717) is 12.5 Å². The summed E-state index contributed by atoms with van der Waals surface area (Å²) in [6, 6.07) is 4.57. The average molecular weight is 386 g/mol. The van der Waals surface area contributed by atoms with Gasteiger partial charge in [0.05, 0.1) is 0 Å². The van der Waals surface area contributed by atoms with Crippen LogP contribution in [0.4, 0.5) is 5.95 Å². The molecule has 0 radical (unpaired) electrons. The molecule has 2 aromatic heterocycles. The Hall–Kier alpha value is -1.99. The second-order valence-corrected chi connectivity index (χ2v) is 8.18. The highest BCUT2D eigenvalue weighted by Crippen LogP contribution is 2.35. The number of rotatable bonds is 5. The highest BCUT2D eigenvalue weighted by molar-refractivity contribution is 7.10. The maximum atomic E-state index is 12.7. The maximum absolute atomic E-state index is 12.7. The molecule has 0 aliphatic carbocycles. The van der Waals surface area contributed by atoms with Gasteiger partial charge >= 0.3 is 0 Å². The number of thiophene rings is 1. The molecule has 1 saturated heterocycles. The van der Waals surface area contributed by atoms with Gasteiger partial charge in [0, 0.05) is 69.0 Å². The predicted molar refractivity (Wildman–Crippen MR) is 108 cm³/mol. The van der Waals surface area contributed by atoms with E-state index in [9.17, 15) is 4.79 Å². The monoisotopic (exact) mass is 385 g/mol. The first-order chi connectivity index (χ1) is 13.3. The van der Waals surface area contributed by atoms with Crippen LogP contribution in [0.2, 0.25) is 0 Å². The predicted octanol–water partition coefficient (Wildman–Crippen LogP) is 2.59. The molecule has 0 saturated carbocycles. The molecule has 0 aromatic carbocycles. The lowest BCUT2D eigenvalue weighted by molar-refractivity contribution is -0.132. The molecular weight excluding hydrogens is 358 g/mol. The van der Waals surface area contributed by atoms with Gasteiger partial charge < -0.3 is 9.80 Å². The van der Waals surface area contributed by atoms with Crippen LogP contribution < -0.4 is 4.90 Å². The van der Waals surface area contributed by atoms with Gasteiger partial charge in [0.15, 0.2) is 0 Å². The van der Waals surface area contributed by atoms with Crippen molar-refractivity contribution in [3.63, 3.8) is 0 Å². The molecule has 7 heteroatoms. The van der Waals surface area contributed by atoms with Gasteiger partial charge in [-0.25, -0.2) is 9.97 Å². The number of carbonyl (C=O) groups excluding carboxylic acids is 1. The van der Waals surface area contributed by atoms with Gasteiger partial charge in [0.1, 0.15) is 0 Å². The smallest absolute Gasteiger partial charge is 0.225 e.